The summed E-state index contributed by atoms with van der Waals surface area (Å²) >= 11 is 1.76. The summed E-state index contributed by atoms with van der Waals surface area (Å²) in [6.45, 7) is 0. The van der Waals surface area contributed by atoms with Crippen LogP contribution in [0.1, 0.15) is 56.4 Å². The number of rotatable bonds is 5. The Balaban J connectivity index is 1.50. The number of hydrogen-bond donors (Lipinski definition) is 2. The second-order valence-corrected chi connectivity index (χ2v) is 8.61. The van der Waals surface area contributed by atoms with Crippen molar-refractivity contribution >= 4 is 23.6 Å². The largest absolute Gasteiger partial charge is 0.480 e. The van der Waals surface area contributed by atoms with Gasteiger partial charge in [-0.2, -0.15) is 11.8 Å². The Labute approximate surface area is 153 Å². The van der Waals surface area contributed by atoms with Gasteiger partial charge in [0.25, 0.3) is 0 Å². The smallest absolute Gasteiger partial charge is 0.329 e. The number of carboxylic acid groups (broad SMARTS) is 1. The predicted octanol–water partition coefficient (Wildman–Crippen LogP) is 3.82. The van der Waals surface area contributed by atoms with Gasteiger partial charge in [0.15, 0.2) is 0 Å². The topological polar surface area (TPSA) is 66.4 Å². The fraction of sp³-hybridized carbons (Fsp3) is 0.600. The van der Waals surface area contributed by atoms with Gasteiger partial charge in [-0.15, -0.1) is 0 Å². The number of carbonyl (C=O) groups excluding carboxylic acids is 1. The molecule has 2 N–H and O–H groups in total. The summed E-state index contributed by atoms with van der Waals surface area (Å²) in [7, 11) is 0. The number of hydrogen-bond acceptors (Lipinski definition) is 3. The van der Waals surface area contributed by atoms with Crippen molar-refractivity contribution in [3.63, 3.8) is 0 Å². The zero-order valence-corrected chi connectivity index (χ0v) is 15.4. The fourth-order valence-electron chi connectivity index (χ4n) is 4.12. The van der Waals surface area contributed by atoms with Crippen LogP contribution in [0.2, 0.25) is 0 Å². The van der Waals surface area contributed by atoms with E-state index in [0.29, 0.717) is 31.1 Å². The number of benzene rings is 1. The Hall–Kier alpha value is -1.49. The van der Waals surface area contributed by atoms with Gasteiger partial charge in [-0.05, 0) is 67.4 Å². The van der Waals surface area contributed by atoms with E-state index in [1.54, 1.807) is 11.8 Å². The molecule has 4 nitrogen and oxygen atoms in total. The number of thioether (sulfide) groups is 1. The first-order valence-corrected chi connectivity index (χ1v) is 10.4. The lowest BCUT2D eigenvalue weighted by atomic mass is 9.77. The third-order valence-corrected chi connectivity index (χ3v) is 6.71. The summed E-state index contributed by atoms with van der Waals surface area (Å²) in [6, 6.07) is 10.6. The molecule has 25 heavy (non-hydrogen) atoms. The van der Waals surface area contributed by atoms with E-state index in [9.17, 15) is 14.7 Å². The number of carbonyl (C=O) groups is 2. The van der Waals surface area contributed by atoms with E-state index >= 15 is 0 Å². The molecule has 1 amide bonds. The molecular formula is C20H27NO3S. The molecule has 2 fully saturated rings. The van der Waals surface area contributed by atoms with Crippen LogP contribution in [0, 0.1) is 5.92 Å². The molecule has 3 rings (SSSR count). The van der Waals surface area contributed by atoms with Gasteiger partial charge >= 0.3 is 5.97 Å². The van der Waals surface area contributed by atoms with Crippen molar-refractivity contribution in [3.05, 3.63) is 35.9 Å². The van der Waals surface area contributed by atoms with E-state index in [4.69, 9.17) is 0 Å². The molecular weight excluding hydrogens is 334 g/mol. The summed E-state index contributed by atoms with van der Waals surface area (Å²) in [5.74, 6) is 1.61. The van der Waals surface area contributed by atoms with E-state index in [1.165, 1.54) is 5.56 Å². The third-order valence-electron chi connectivity index (χ3n) is 5.73. The molecule has 0 bridgehead atoms. The molecule has 1 aliphatic heterocycles. The summed E-state index contributed by atoms with van der Waals surface area (Å²) in [6.07, 6.45) is 5.83. The molecule has 0 spiro atoms. The maximum atomic E-state index is 12.5. The van der Waals surface area contributed by atoms with Crippen molar-refractivity contribution in [2.75, 3.05) is 11.5 Å². The Kier molecular flexibility index (Phi) is 6.05. The molecule has 0 unspecified atom stereocenters. The average molecular weight is 362 g/mol. The molecule has 1 heterocycles. The van der Waals surface area contributed by atoms with Gasteiger partial charge in [-0.1, -0.05) is 30.3 Å². The zero-order chi connectivity index (χ0) is 17.7. The summed E-state index contributed by atoms with van der Waals surface area (Å²) < 4.78 is 0. The summed E-state index contributed by atoms with van der Waals surface area (Å²) in [4.78, 5) is 24.1. The lowest BCUT2D eigenvalue weighted by Crippen LogP contribution is -2.56. The van der Waals surface area contributed by atoms with Gasteiger partial charge in [0.1, 0.15) is 5.54 Å². The summed E-state index contributed by atoms with van der Waals surface area (Å²) in [5.41, 5.74) is 0.360. The van der Waals surface area contributed by atoms with Crippen LogP contribution in [0.3, 0.4) is 0 Å². The van der Waals surface area contributed by atoms with Crippen LogP contribution in [-0.4, -0.2) is 34.0 Å². The molecule has 136 valence electrons. The average Bonchev–Trinajstić information content (AvgIpc) is 2.63. The SMILES string of the molecule is O=C(CC1CCC(c2ccccc2)CC1)NC1(C(=O)O)CCSCC1. The van der Waals surface area contributed by atoms with Gasteiger partial charge in [-0.3, -0.25) is 4.79 Å². The highest BCUT2D eigenvalue weighted by Gasteiger charge is 2.41. The van der Waals surface area contributed by atoms with Gasteiger partial charge in [0.2, 0.25) is 5.91 Å². The van der Waals surface area contributed by atoms with Gasteiger partial charge in [-0.25, -0.2) is 4.79 Å². The molecule has 0 radical (unpaired) electrons. The fourth-order valence-corrected chi connectivity index (χ4v) is 5.31. The Morgan fingerprint density at radius 2 is 1.72 bits per heavy atom. The van der Waals surface area contributed by atoms with Crippen LogP contribution in [0.5, 0.6) is 0 Å². The highest BCUT2D eigenvalue weighted by atomic mass is 32.2. The summed E-state index contributed by atoms with van der Waals surface area (Å²) in [5, 5.41) is 12.5. The van der Waals surface area contributed by atoms with E-state index in [1.807, 2.05) is 6.07 Å². The second-order valence-electron chi connectivity index (χ2n) is 7.38. The van der Waals surface area contributed by atoms with E-state index in [-0.39, 0.29) is 5.91 Å². The first-order valence-electron chi connectivity index (χ1n) is 9.26. The minimum Gasteiger partial charge on any atom is -0.480 e. The van der Waals surface area contributed by atoms with Crippen molar-refractivity contribution in [1.29, 1.82) is 0 Å². The first kappa shape index (κ1) is 18.3. The van der Waals surface area contributed by atoms with Crippen molar-refractivity contribution in [2.24, 2.45) is 5.92 Å². The molecule has 1 aromatic carbocycles. The van der Waals surface area contributed by atoms with E-state index < -0.39 is 11.5 Å². The van der Waals surface area contributed by atoms with Crippen molar-refractivity contribution < 1.29 is 14.7 Å². The molecule has 1 aliphatic carbocycles. The molecule has 5 heteroatoms. The van der Waals surface area contributed by atoms with Crippen LogP contribution < -0.4 is 5.32 Å². The zero-order valence-electron chi connectivity index (χ0n) is 14.6. The molecule has 1 aromatic rings. The number of aliphatic carboxylic acids is 1. The quantitative estimate of drug-likeness (QED) is 0.837. The Morgan fingerprint density at radius 1 is 1.08 bits per heavy atom. The second kappa shape index (κ2) is 8.26. The lowest BCUT2D eigenvalue weighted by molar-refractivity contribution is -0.148. The standard InChI is InChI=1S/C20H27NO3S/c22-18(21-20(19(23)24)10-12-25-13-11-20)14-15-6-8-17(9-7-15)16-4-2-1-3-5-16/h1-5,15,17H,6-14H2,(H,21,22)(H,23,24). The molecule has 0 aromatic heterocycles. The van der Waals surface area contributed by atoms with E-state index in [2.05, 4.69) is 29.6 Å². The monoisotopic (exact) mass is 361 g/mol. The predicted molar refractivity (Wildman–Crippen MR) is 101 cm³/mol. The van der Waals surface area contributed by atoms with Gasteiger partial charge in [0, 0.05) is 6.42 Å². The highest BCUT2D eigenvalue weighted by Crippen LogP contribution is 2.37. The van der Waals surface area contributed by atoms with Crippen LogP contribution in [0.25, 0.3) is 0 Å². The maximum Gasteiger partial charge on any atom is 0.329 e. The van der Waals surface area contributed by atoms with E-state index in [0.717, 1.165) is 37.2 Å². The number of nitrogens with one attached hydrogen (secondary N) is 1. The first-order chi connectivity index (χ1) is 12.1. The van der Waals surface area contributed by atoms with Crippen LogP contribution >= 0.6 is 11.8 Å². The van der Waals surface area contributed by atoms with Crippen molar-refractivity contribution in [2.45, 2.75) is 56.4 Å². The normalized spacial score (nSPS) is 25.9. The van der Waals surface area contributed by atoms with Gasteiger partial charge in [0.05, 0.1) is 0 Å². The van der Waals surface area contributed by atoms with Crippen molar-refractivity contribution in [1.82, 2.24) is 5.32 Å². The lowest BCUT2D eigenvalue weighted by Gasteiger charge is -2.35. The Bertz CT molecular complexity index is 590. The molecule has 2 aliphatic rings. The van der Waals surface area contributed by atoms with Crippen LogP contribution in [-0.2, 0) is 9.59 Å². The third kappa shape index (κ3) is 4.57. The van der Waals surface area contributed by atoms with Crippen LogP contribution in [0.4, 0.5) is 0 Å². The minimum atomic E-state index is -1.04. The highest BCUT2D eigenvalue weighted by molar-refractivity contribution is 7.99. The van der Waals surface area contributed by atoms with Crippen molar-refractivity contribution in [3.8, 4) is 0 Å². The molecule has 1 saturated carbocycles. The van der Waals surface area contributed by atoms with Crippen LogP contribution in [0.15, 0.2) is 30.3 Å². The Morgan fingerprint density at radius 3 is 2.32 bits per heavy atom. The number of amides is 1. The number of carboxylic acids is 1. The van der Waals surface area contributed by atoms with Gasteiger partial charge < -0.3 is 10.4 Å². The minimum absolute atomic E-state index is 0.0857. The maximum absolute atomic E-state index is 12.5. The molecule has 0 atom stereocenters. The molecule has 1 saturated heterocycles.